The van der Waals surface area contributed by atoms with Crippen LogP contribution in [0.1, 0.15) is 12.8 Å². The van der Waals surface area contributed by atoms with E-state index in [1.165, 1.54) is 12.8 Å². The first-order valence-corrected chi connectivity index (χ1v) is 6.09. The summed E-state index contributed by atoms with van der Waals surface area (Å²) < 4.78 is 0. The van der Waals surface area contributed by atoms with Gasteiger partial charge in [0.25, 0.3) is 0 Å². The van der Waals surface area contributed by atoms with Crippen LogP contribution in [0.15, 0.2) is 18.3 Å². The molecule has 2 N–H and O–H groups in total. The van der Waals surface area contributed by atoms with Crippen LogP contribution in [0.2, 0.25) is 0 Å². The minimum absolute atomic E-state index is 0.518. The minimum Gasteiger partial charge on any atom is -0.341 e. The van der Waals surface area contributed by atoms with Crippen molar-refractivity contribution in [2.24, 2.45) is 0 Å². The van der Waals surface area contributed by atoms with Gasteiger partial charge in [-0.1, -0.05) is 0 Å². The van der Waals surface area contributed by atoms with Gasteiger partial charge in [-0.05, 0) is 31.5 Å². The van der Waals surface area contributed by atoms with Gasteiger partial charge < -0.3 is 15.2 Å². The maximum absolute atomic E-state index is 4.52. The van der Waals surface area contributed by atoms with Crippen molar-refractivity contribution >= 4 is 17.1 Å². The summed E-state index contributed by atoms with van der Waals surface area (Å²) in [6.07, 6.45) is 4.22. The van der Waals surface area contributed by atoms with Crippen molar-refractivity contribution in [1.82, 2.24) is 20.3 Å². The normalized spacial score (nSPS) is 20.6. The highest BCUT2D eigenvalue weighted by Crippen LogP contribution is 2.18. The Kier molecular flexibility index (Phi) is 2.68. The van der Waals surface area contributed by atoms with Crippen molar-refractivity contribution in [2.75, 3.05) is 25.0 Å². The molecule has 2 aromatic rings. The highest BCUT2D eigenvalue weighted by Gasteiger charge is 2.20. The van der Waals surface area contributed by atoms with Gasteiger partial charge in [0.1, 0.15) is 0 Å². The quantitative estimate of drug-likeness (QED) is 0.814. The number of hydrogen-bond acceptors (Lipinski definition) is 4. The Morgan fingerprint density at radius 3 is 3.18 bits per heavy atom. The fourth-order valence-corrected chi connectivity index (χ4v) is 2.34. The largest absolute Gasteiger partial charge is 0.341 e. The molecule has 1 saturated heterocycles. The minimum atomic E-state index is 0.518. The summed E-state index contributed by atoms with van der Waals surface area (Å²) in [7, 11) is 2.09. The van der Waals surface area contributed by atoms with Crippen molar-refractivity contribution in [3.8, 4) is 0 Å². The summed E-state index contributed by atoms with van der Waals surface area (Å²) >= 11 is 0. The SMILES string of the molecule is CN(c1nc2ncccc2[nH]1)[C@@H]1CCCNC1. The molecule has 1 aliphatic rings. The molecule has 0 aromatic carbocycles. The standard InChI is InChI=1S/C12H17N5/c1-17(9-4-2-6-13-8-9)12-15-10-5-3-7-14-11(10)16-12/h3,5,7,9,13H,2,4,6,8H2,1H3,(H,14,15,16)/t9-/m1/s1. The van der Waals surface area contributed by atoms with E-state index in [1.54, 1.807) is 6.20 Å². The molecule has 0 spiro atoms. The van der Waals surface area contributed by atoms with E-state index in [-0.39, 0.29) is 0 Å². The van der Waals surface area contributed by atoms with Gasteiger partial charge in [-0.2, -0.15) is 4.98 Å². The second kappa shape index (κ2) is 4.33. The van der Waals surface area contributed by atoms with Gasteiger partial charge in [-0.3, -0.25) is 0 Å². The van der Waals surface area contributed by atoms with Crippen LogP contribution in [-0.2, 0) is 0 Å². The number of fused-ring (bicyclic) bond motifs is 1. The van der Waals surface area contributed by atoms with Crippen molar-refractivity contribution in [3.05, 3.63) is 18.3 Å². The van der Waals surface area contributed by atoms with Crippen LogP contribution in [0.3, 0.4) is 0 Å². The maximum atomic E-state index is 4.52. The average Bonchev–Trinajstić information content (AvgIpc) is 2.82. The van der Waals surface area contributed by atoms with E-state index in [2.05, 4.69) is 32.2 Å². The second-order valence-corrected chi connectivity index (χ2v) is 4.55. The van der Waals surface area contributed by atoms with Crippen molar-refractivity contribution in [2.45, 2.75) is 18.9 Å². The summed E-state index contributed by atoms with van der Waals surface area (Å²) in [6.45, 7) is 2.16. The monoisotopic (exact) mass is 231 g/mol. The van der Waals surface area contributed by atoms with Crippen LogP contribution in [0.5, 0.6) is 0 Å². The lowest BCUT2D eigenvalue weighted by molar-refractivity contribution is 0.442. The smallest absolute Gasteiger partial charge is 0.205 e. The Balaban J connectivity index is 1.86. The summed E-state index contributed by atoms with van der Waals surface area (Å²) in [4.78, 5) is 14.3. The van der Waals surface area contributed by atoms with E-state index in [4.69, 9.17) is 0 Å². The van der Waals surface area contributed by atoms with Crippen LogP contribution in [0.4, 0.5) is 5.95 Å². The predicted molar refractivity (Wildman–Crippen MR) is 68.2 cm³/mol. The molecule has 1 atom stereocenters. The van der Waals surface area contributed by atoms with Crippen molar-refractivity contribution in [3.63, 3.8) is 0 Å². The molecule has 5 nitrogen and oxygen atoms in total. The molecule has 0 bridgehead atoms. The Morgan fingerprint density at radius 1 is 1.47 bits per heavy atom. The van der Waals surface area contributed by atoms with Crippen molar-refractivity contribution < 1.29 is 0 Å². The third kappa shape index (κ3) is 1.98. The first-order valence-electron chi connectivity index (χ1n) is 6.09. The molecule has 0 aliphatic carbocycles. The maximum Gasteiger partial charge on any atom is 0.205 e. The summed E-state index contributed by atoms with van der Waals surface area (Å²) in [5.74, 6) is 0.910. The number of pyridine rings is 1. The molecular formula is C12H17N5. The number of nitrogens with one attached hydrogen (secondary N) is 2. The number of anilines is 1. The van der Waals surface area contributed by atoms with Gasteiger partial charge in [0.15, 0.2) is 5.65 Å². The van der Waals surface area contributed by atoms with E-state index in [0.717, 1.165) is 30.2 Å². The Bertz CT molecular complexity index is 467. The Labute approximate surface area is 100 Å². The van der Waals surface area contributed by atoms with Gasteiger partial charge >= 0.3 is 0 Å². The molecule has 1 fully saturated rings. The lowest BCUT2D eigenvalue weighted by atomic mass is 10.1. The van der Waals surface area contributed by atoms with E-state index in [1.807, 2.05) is 12.1 Å². The van der Waals surface area contributed by atoms with Gasteiger partial charge in [-0.25, -0.2) is 4.98 Å². The van der Waals surface area contributed by atoms with E-state index in [0.29, 0.717) is 6.04 Å². The lowest BCUT2D eigenvalue weighted by Gasteiger charge is -2.31. The summed E-state index contributed by atoms with van der Waals surface area (Å²) in [5, 5.41) is 3.42. The van der Waals surface area contributed by atoms with Gasteiger partial charge in [-0.15, -0.1) is 0 Å². The molecule has 0 radical (unpaired) electrons. The zero-order chi connectivity index (χ0) is 11.7. The number of hydrogen-bond donors (Lipinski definition) is 2. The zero-order valence-corrected chi connectivity index (χ0v) is 9.98. The number of aromatic amines is 1. The van der Waals surface area contributed by atoms with E-state index < -0.39 is 0 Å². The molecule has 5 heteroatoms. The predicted octanol–water partition coefficient (Wildman–Crippen LogP) is 1.15. The fourth-order valence-electron chi connectivity index (χ4n) is 2.34. The first-order chi connectivity index (χ1) is 8.34. The molecule has 3 heterocycles. The van der Waals surface area contributed by atoms with Crippen LogP contribution >= 0.6 is 0 Å². The van der Waals surface area contributed by atoms with Crippen LogP contribution < -0.4 is 10.2 Å². The molecular weight excluding hydrogens is 214 g/mol. The number of piperidine rings is 1. The molecule has 3 rings (SSSR count). The van der Waals surface area contributed by atoms with Gasteiger partial charge in [0.05, 0.1) is 5.52 Å². The zero-order valence-electron chi connectivity index (χ0n) is 9.98. The number of aromatic nitrogens is 3. The number of rotatable bonds is 2. The fraction of sp³-hybridized carbons (Fsp3) is 0.500. The van der Waals surface area contributed by atoms with Gasteiger partial charge in [0.2, 0.25) is 5.95 Å². The molecule has 2 aromatic heterocycles. The topological polar surface area (TPSA) is 56.8 Å². The summed E-state index contributed by atoms with van der Waals surface area (Å²) in [6, 6.07) is 4.45. The molecule has 1 aliphatic heterocycles. The Hall–Kier alpha value is -1.62. The van der Waals surface area contributed by atoms with Crippen LogP contribution in [0.25, 0.3) is 11.2 Å². The molecule has 0 amide bonds. The highest BCUT2D eigenvalue weighted by atomic mass is 15.3. The molecule has 0 unspecified atom stereocenters. The molecule has 0 saturated carbocycles. The second-order valence-electron chi connectivity index (χ2n) is 4.55. The van der Waals surface area contributed by atoms with Gasteiger partial charge in [0, 0.05) is 25.8 Å². The highest BCUT2D eigenvalue weighted by molar-refractivity contribution is 5.73. The number of H-pyrrole nitrogens is 1. The van der Waals surface area contributed by atoms with Crippen LogP contribution in [-0.4, -0.2) is 41.1 Å². The Morgan fingerprint density at radius 2 is 2.41 bits per heavy atom. The van der Waals surface area contributed by atoms with Crippen molar-refractivity contribution in [1.29, 1.82) is 0 Å². The van der Waals surface area contributed by atoms with Crippen LogP contribution in [0, 0.1) is 0 Å². The third-order valence-electron chi connectivity index (χ3n) is 3.40. The average molecular weight is 231 g/mol. The lowest BCUT2D eigenvalue weighted by Crippen LogP contribution is -2.44. The van der Waals surface area contributed by atoms with E-state index in [9.17, 15) is 0 Å². The number of nitrogens with zero attached hydrogens (tertiary/aromatic N) is 3. The summed E-state index contributed by atoms with van der Waals surface area (Å²) in [5.41, 5.74) is 1.79. The first kappa shape index (κ1) is 10.5. The molecule has 90 valence electrons. The molecule has 17 heavy (non-hydrogen) atoms. The number of imidazole rings is 1. The van der Waals surface area contributed by atoms with E-state index >= 15 is 0 Å². The third-order valence-corrected chi connectivity index (χ3v) is 3.40. The number of likely N-dealkylation sites (N-methyl/N-ethyl adjacent to an activating group) is 1.